The topological polar surface area (TPSA) is 62.7 Å². The molecule has 4 aromatic rings. The van der Waals surface area contributed by atoms with Gasteiger partial charge in [-0.3, -0.25) is 9.59 Å². The molecule has 9 heteroatoms. The Kier molecular flexibility index (Phi) is 8.17. The maximum atomic E-state index is 13.7. The van der Waals surface area contributed by atoms with E-state index < -0.39 is 5.92 Å². The van der Waals surface area contributed by atoms with Gasteiger partial charge in [0.1, 0.15) is 11.4 Å². The van der Waals surface area contributed by atoms with E-state index in [1.54, 1.807) is 42.6 Å². The Hall–Kier alpha value is -4.11. The van der Waals surface area contributed by atoms with Crippen molar-refractivity contribution in [2.45, 2.75) is 31.6 Å². The van der Waals surface area contributed by atoms with Crippen LogP contribution >= 0.6 is 11.3 Å². The van der Waals surface area contributed by atoms with Crippen molar-refractivity contribution in [1.82, 2.24) is 9.88 Å². The number of carbonyl (C=O) groups excluding carboxylic acids is 2. The Balaban J connectivity index is 1.23. The minimum atomic E-state index is -2.92. The van der Waals surface area contributed by atoms with Crippen LogP contribution in [0.25, 0.3) is 11.1 Å². The minimum Gasteiger partial charge on any atom is -0.497 e. The van der Waals surface area contributed by atoms with Crippen molar-refractivity contribution >= 4 is 28.8 Å². The fraction of sp³-hybridized carbons (Fsp3) is 0.281. The number of benzene rings is 3. The van der Waals surface area contributed by atoms with Crippen LogP contribution in [0.3, 0.4) is 0 Å². The van der Waals surface area contributed by atoms with E-state index >= 15 is 0 Å². The first-order valence-corrected chi connectivity index (χ1v) is 14.3. The molecule has 212 valence electrons. The lowest BCUT2D eigenvalue weighted by atomic mass is 9.94. The summed E-state index contributed by atoms with van der Waals surface area (Å²) in [4.78, 5) is 34.7. The van der Waals surface area contributed by atoms with E-state index in [1.165, 1.54) is 23.5 Å². The van der Waals surface area contributed by atoms with Crippen LogP contribution in [0.5, 0.6) is 5.75 Å². The SMILES string of the molecule is COc1ccc(N(C)C(=O)c2csc(C3CCN(C(=O)c4ccccc4-c4ccc(C(C)(F)F)cc4)CC3)n2)cc1. The average molecular weight is 576 g/mol. The van der Waals surface area contributed by atoms with Gasteiger partial charge in [-0.25, -0.2) is 13.8 Å². The third-order valence-corrected chi connectivity index (χ3v) is 8.50. The van der Waals surface area contributed by atoms with Gasteiger partial charge in [-0.05, 0) is 54.3 Å². The number of rotatable bonds is 7. The zero-order valence-corrected chi connectivity index (χ0v) is 24.0. The van der Waals surface area contributed by atoms with Crippen molar-refractivity contribution in [2.75, 3.05) is 32.1 Å². The van der Waals surface area contributed by atoms with E-state index in [0.29, 0.717) is 24.3 Å². The zero-order chi connectivity index (χ0) is 29.1. The Morgan fingerprint density at radius 2 is 1.66 bits per heavy atom. The van der Waals surface area contributed by atoms with Crippen LogP contribution in [-0.4, -0.2) is 48.9 Å². The number of amides is 2. The Morgan fingerprint density at radius 3 is 2.29 bits per heavy atom. The molecule has 5 rings (SSSR count). The fourth-order valence-electron chi connectivity index (χ4n) is 5.03. The zero-order valence-electron chi connectivity index (χ0n) is 23.1. The number of thiazole rings is 1. The molecule has 0 unspecified atom stereocenters. The van der Waals surface area contributed by atoms with E-state index in [9.17, 15) is 18.4 Å². The van der Waals surface area contributed by atoms with Gasteiger partial charge in [-0.2, -0.15) is 0 Å². The Morgan fingerprint density at radius 1 is 1.00 bits per heavy atom. The van der Waals surface area contributed by atoms with E-state index in [2.05, 4.69) is 4.98 Å². The molecule has 2 amide bonds. The van der Waals surface area contributed by atoms with Gasteiger partial charge in [-0.15, -0.1) is 11.3 Å². The predicted octanol–water partition coefficient (Wildman–Crippen LogP) is 7.23. The summed E-state index contributed by atoms with van der Waals surface area (Å²) in [7, 11) is 3.32. The molecule has 2 heterocycles. The molecule has 1 fully saturated rings. The molecule has 1 aliphatic heterocycles. The highest BCUT2D eigenvalue weighted by atomic mass is 32.1. The molecule has 0 spiro atoms. The van der Waals surface area contributed by atoms with Gasteiger partial charge < -0.3 is 14.5 Å². The number of carbonyl (C=O) groups is 2. The number of piperidine rings is 1. The third kappa shape index (κ3) is 6.15. The standard InChI is InChI=1S/C32H31F2N3O3S/c1-32(33,34)23-10-8-21(9-11-23)26-6-4-5-7-27(26)30(38)37-18-16-22(17-19-37)29-35-28(20-41-29)31(39)36(2)24-12-14-25(40-3)15-13-24/h4-15,20,22H,16-19H2,1-3H3. The summed E-state index contributed by atoms with van der Waals surface area (Å²) < 4.78 is 32.5. The van der Waals surface area contributed by atoms with Gasteiger partial charge in [0.25, 0.3) is 17.7 Å². The van der Waals surface area contributed by atoms with Crippen molar-refractivity contribution in [3.8, 4) is 16.9 Å². The lowest BCUT2D eigenvalue weighted by Crippen LogP contribution is -2.38. The summed E-state index contributed by atoms with van der Waals surface area (Å²) in [6.07, 6.45) is 1.48. The molecule has 1 aromatic heterocycles. The second-order valence-corrected chi connectivity index (χ2v) is 11.1. The van der Waals surface area contributed by atoms with Crippen LogP contribution in [-0.2, 0) is 5.92 Å². The highest BCUT2D eigenvalue weighted by Gasteiger charge is 2.29. The van der Waals surface area contributed by atoms with Gasteiger partial charge in [0, 0.05) is 55.2 Å². The molecular weight excluding hydrogens is 544 g/mol. The van der Waals surface area contributed by atoms with Crippen LogP contribution in [0, 0.1) is 0 Å². The fourth-order valence-corrected chi connectivity index (χ4v) is 6.00. The molecule has 0 N–H and O–H groups in total. The molecule has 0 aliphatic carbocycles. The molecular formula is C32H31F2N3O3S. The van der Waals surface area contributed by atoms with Crippen molar-refractivity contribution in [3.05, 3.63) is 100 Å². The maximum Gasteiger partial charge on any atom is 0.277 e. The summed E-state index contributed by atoms with van der Waals surface area (Å²) >= 11 is 1.48. The van der Waals surface area contributed by atoms with Crippen LogP contribution in [0.1, 0.15) is 57.1 Å². The van der Waals surface area contributed by atoms with E-state index in [1.807, 2.05) is 47.4 Å². The summed E-state index contributed by atoms with van der Waals surface area (Å²) in [5.41, 5.74) is 3.07. The molecule has 0 atom stereocenters. The first-order valence-electron chi connectivity index (χ1n) is 13.4. The van der Waals surface area contributed by atoms with E-state index in [4.69, 9.17) is 4.74 Å². The summed E-state index contributed by atoms with van der Waals surface area (Å²) in [5.74, 6) is -2.30. The third-order valence-electron chi connectivity index (χ3n) is 7.50. The van der Waals surface area contributed by atoms with Gasteiger partial charge in [-0.1, -0.05) is 42.5 Å². The highest BCUT2D eigenvalue weighted by molar-refractivity contribution is 7.10. The number of nitrogens with zero attached hydrogens (tertiary/aromatic N) is 3. The predicted molar refractivity (Wildman–Crippen MR) is 157 cm³/mol. The number of ether oxygens (including phenoxy) is 1. The Bertz CT molecular complexity index is 1520. The number of hydrogen-bond donors (Lipinski definition) is 0. The summed E-state index contributed by atoms with van der Waals surface area (Å²) in [5, 5.41) is 2.70. The van der Waals surface area contributed by atoms with E-state index in [0.717, 1.165) is 47.3 Å². The Labute approximate surface area is 242 Å². The second-order valence-electron chi connectivity index (χ2n) is 10.2. The second kappa shape index (κ2) is 11.8. The number of hydrogen-bond acceptors (Lipinski definition) is 5. The lowest BCUT2D eigenvalue weighted by molar-refractivity contribution is 0.0175. The molecule has 1 aliphatic rings. The maximum absolute atomic E-state index is 13.7. The summed E-state index contributed by atoms with van der Waals surface area (Å²) in [6.45, 7) is 2.00. The number of halogens is 2. The largest absolute Gasteiger partial charge is 0.497 e. The molecule has 1 saturated heterocycles. The summed E-state index contributed by atoms with van der Waals surface area (Å²) in [6, 6.07) is 20.6. The first kappa shape index (κ1) is 28.4. The number of aromatic nitrogens is 1. The number of anilines is 1. The van der Waals surface area contributed by atoms with Gasteiger partial charge in [0.15, 0.2) is 0 Å². The number of likely N-dealkylation sites (tertiary alicyclic amines) is 1. The first-order chi connectivity index (χ1) is 19.7. The molecule has 3 aromatic carbocycles. The van der Waals surface area contributed by atoms with Crippen LogP contribution in [0.15, 0.2) is 78.2 Å². The number of alkyl halides is 2. The van der Waals surface area contributed by atoms with Crippen LogP contribution < -0.4 is 9.64 Å². The normalized spacial score (nSPS) is 14.1. The molecule has 0 bridgehead atoms. The van der Waals surface area contributed by atoms with Crippen LogP contribution in [0.2, 0.25) is 0 Å². The minimum absolute atomic E-state index is 0.0634. The van der Waals surface area contributed by atoms with Crippen molar-refractivity contribution in [2.24, 2.45) is 0 Å². The van der Waals surface area contributed by atoms with E-state index in [-0.39, 0.29) is 23.3 Å². The quantitative estimate of drug-likeness (QED) is 0.233. The average Bonchev–Trinajstić information content (AvgIpc) is 3.50. The molecule has 41 heavy (non-hydrogen) atoms. The highest BCUT2D eigenvalue weighted by Crippen LogP contribution is 2.34. The lowest BCUT2D eigenvalue weighted by Gasteiger charge is -2.31. The van der Waals surface area contributed by atoms with Crippen molar-refractivity contribution in [1.29, 1.82) is 0 Å². The monoisotopic (exact) mass is 575 g/mol. The van der Waals surface area contributed by atoms with Gasteiger partial charge in [0.05, 0.1) is 12.1 Å². The van der Waals surface area contributed by atoms with Gasteiger partial charge in [0.2, 0.25) is 0 Å². The smallest absolute Gasteiger partial charge is 0.277 e. The molecule has 0 radical (unpaired) electrons. The van der Waals surface area contributed by atoms with Gasteiger partial charge >= 0.3 is 0 Å². The van der Waals surface area contributed by atoms with Crippen molar-refractivity contribution in [3.63, 3.8) is 0 Å². The molecule has 6 nitrogen and oxygen atoms in total. The number of methoxy groups -OCH3 is 1. The van der Waals surface area contributed by atoms with Crippen molar-refractivity contribution < 1.29 is 23.1 Å². The molecule has 0 saturated carbocycles. The van der Waals surface area contributed by atoms with Crippen LogP contribution in [0.4, 0.5) is 14.5 Å².